The van der Waals surface area contributed by atoms with Crippen molar-refractivity contribution in [1.82, 2.24) is 20.3 Å². The van der Waals surface area contributed by atoms with Gasteiger partial charge in [-0.25, -0.2) is 18.1 Å². The van der Waals surface area contributed by atoms with Crippen LogP contribution in [0.15, 0.2) is 39.5 Å². The molecule has 0 spiro atoms. The largest absolute Gasteiger partial charge is 0.357 e. The normalized spacial score (nSPS) is 12.0. The fourth-order valence-corrected chi connectivity index (χ4v) is 4.08. The molecule has 1 heterocycles. The highest BCUT2D eigenvalue weighted by atomic mass is 32.2. The van der Waals surface area contributed by atoms with Crippen molar-refractivity contribution in [3.8, 4) is 0 Å². The molecular formula is C17H24N6O4S2. The van der Waals surface area contributed by atoms with Crippen LogP contribution in [0, 0.1) is 17.0 Å². The molecule has 0 unspecified atom stereocenters. The molecule has 0 bridgehead atoms. The average Bonchev–Trinajstić information content (AvgIpc) is 3.10. The van der Waals surface area contributed by atoms with Crippen molar-refractivity contribution in [2.75, 3.05) is 26.2 Å². The van der Waals surface area contributed by atoms with Gasteiger partial charge in [0.15, 0.2) is 5.96 Å². The van der Waals surface area contributed by atoms with Gasteiger partial charge in [-0.15, -0.1) is 11.3 Å². The number of benzene rings is 1. The molecule has 0 aliphatic rings. The maximum absolute atomic E-state index is 12.3. The molecule has 0 amide bonds. The summed E-state index contributed by atoms with van der Waals surface area (Å²) in [6.45, 7) is 5.48. The van der Waals surface area contributed by atoms with Gasteiger partial charge in [-0.3, -0.25) is 15.1 Å². The van der Waals surface area contributed by atoms with Gasteiger partial charge < -0.3 is 10.6 Å². The summed E-state index contributed by atoms with van der Waals surface area (Å²) in [6.07, 6.45) is 0.758. The van der Waals surface area contributed by atoms with Crippen LogP contribution in [0.2, 0.25) is 0 Å². The Morgan fingerprint density at radius 1 is 1.31 bits per heavy atom. The highest BCUT2D eigenvalue weighted by molar-refractivity contribution is 7.89. The fourth-order valence-electron chi connectivity index (χ4n) is 2.37. The predicted octanol–water partition coefficient (Wildman–Crippen LogP) is 1.44. The molecule has 2 aromatic rings. The Morgan fingerprint density at radius 3 is 2.76 bits per heavy atom. The molecule has 0 radical (unpaired) electrons. The van der Waals surface area contributed by atoms with E-state index in [2.05, 4.69) is 25.3 Å². The first kappa shape index (κ1) is 22.7. The molecule has 1 aromatic carbocycles. The van der Waals surface area contributed by atoms with E-state index in [1.165, 1.54) is 18.2 Å². The molecule has 1 aromatic heterocycles. The van der Waals surface area contributed by atoms with Gasteiger partial charge in [0.2, 0.25) is 10.0 Å². The molecule has 0 aliphatic heterocycles. The predicted molar refractivity (Wildman–Crippen MR) is 113 cm³/mol. The lowest BCUT2D eigenvalue weighted by atomic mass is 10.3. The number of nitro benzene ring substituents is 1. The lowest BCUT2D eigenvalue weighted by Crippen LogP contribution is -2.39. The number of hydrogen-bond acceptors (Lipinski definition) is 7. The summed E-state index contributed by atoms with van der Waals surface area (Å²) in [5.41, 5.74) is 0.736. The van der Waals surface area contributed by atoms with E-state index in [4.69, 9.17) is 0 Å². The Balaban J connectivity index is 1.86. The number of guanidine groups is 1. The number of thiazole rings is 1. The third-order valence-corrected chi connectivity index (χ3v) is 5.98. The molecular weight excluding hydrogens is 416 g/mol. The Bertz CT molecular complexity index is 958. The molecule has 0 aliphatic carbocycles. The fraction of sp³-hybridized carbons (Fsp3) is 0.412. The number of aromatic nitrogens is 1. The first-order valence-corrected chi connectivity index (χ1v) is 11.4. The second kappa shape index (κ2) is 10.8. The molecule has 10 nitrogen and oxygen atoms in total. The number of nitrogens with zero attached hydrogens (tertiary/aromatic N) is 3. The van der Waals surface area contributed by atoms with Gasteiger partial charge >= 0.3 is 0 Å². The number of nitro groups is 1. The summed E-state index contributed by atoms with van der Waals surface area (Å²) < 4.78 is 27.0. The zero-order valence-electron chi connectivity index (χ0n) is 16.2. The quantitative estimate of drug-likeness (QED) is 0.167. The summed E-state index contributed by atoms with van der Waals surface area (Å²) in [6, 6.07) is 4.91. The van der Waals surface area contributed by atoms with Crippen LogP contribution < -0.4 is 15.4 Å². The summed E-state index contributed by atoms with van der Waals surface area (Å²) in [7, 11) is -3.85. The summed E-state index contributed by atoms with van der Waals surface area (Å²) in [5, 5.41) is 20.1. The minimum absolute atomic E-state index is 0.0624. The minimum Gasteiger partial charge on any atom is -0.357 e. The van der Waals surface area contributed by atoms with E-state index >= 15 is 0 Å². The van der Waals surface area contributed by atoms with Crippen molar-refractivity contribution in [2.24, 2.45) is 4.99 Å². The number of sulfonamides is 1. The minimum atomic E-state index is -3.85. The van der Waals surface area contributed by atoms with E-state index in [1.807, 2.05) is 19.2 Å². The lowest BCUT2D eigenvalue weighted by Gasteiger charge is -2.11. The van der Waals surface area contributed by atoms with E-state index in [0.717, 1.165) is 23.2 Å². The van der Waals surface area contributed by atoms with Gasteiger partial charge in [-0.05, 0) is 19.9 Å². The standard InChI is InChI=1S/C17H24N6O4S2/c1-3-18-17(19-8-7-14-12-28-13(2)22-14)20-9-10-21-29(26,27)16-6-4-5-15(11-16)23(24)25/h4-6,11-12,21H,3,7-10H2,1-2H3,(H2,18,19,20). The first-order chi connectivity index (χ1) is 13.8. The van der Waals surface area contributed by atoms with Crippen molar-refractivity contribution < 1.29 is 13.3 Å². The number of nitrogens with one attached hydrogen (secondary N) is 3. The van der Waals surface area contributed by atoms with Crippen molar-refractivity contribution in [3.63, 3.8) is 0 Å². The molecule has 29 heavy (non-hydrogen) atoms. The van der Waals surface area contributed by atoms with Crippen LogP contribution in [0.4, 0.5) is 5.69 Å². The van der Waals surface area contributed by atoms with Crippen LogP contribution in [0.5, 0.6) is 0 Å². The van der Waals surface area contributed by atoms with Crippen LogP contribution in [-0.4, -0.2) is 50.5 Å². The van der Waals surface area contributed by atoms with Crippen molar-refractivity contribution >= 4 is 33.0 Å². The van der Waals surface area contributed by atoms with Gasteiger partial charge in [0.05, 0.1) is 27.1 Å². The van der Waals surface area contributed by atoms with Crippen molar-refractivity contribution in [2.45, 2.75) is 25.2 Å². The first-order valence-electron chi connectivity index (χ1n) is 8.99. The van der Waals surface area contributed by atoms with Gasteiger partial charge in [0.25, 0.3) is 5.69 Å². The van der Waals surface area contributed by atoms with Crippen LogP contribution in [-0.2, 0) is 16.4 Å². The Kier molecular flexibility index (Phi) is 8.49. The smallest absolute Gasteiger partial charge is 0.270 e. The molecule has 2 rings (SSSR count). The van der Waals surface area contributed by atoms with Gasteiger partial charge in [-0.1, -0.05) is 6.07 Å². The third-order valence-electron chi connectivity index (χ3n) is 3.70. The summed E-state index contributed by atoms with van der Waals surface area (Å²) >= 11 is 1.61. The van der Waals surface area contributed by atoms with Crippen LogP contribution in [0.25, 0.3) is 0 Å². The highest BCUT2D eigenvalue weighted by Crippen LogP contribution is 2.16. The van der Waals surface area contributed by atoms with E-state index in [-0.39, 0.29) is 23.7 Å². The number of hydrogen-bond donors (Lipinski definition) is 3. The maximum Gasteiger partial charge on any atom is 0.270 e. The van der Waals surface area contributed by atoms with Crippen LogP contribution in [0.3, 0.4) is 0 Å². The van der Waals surface area contributed by atoms with E-state index in [0.29, 0.717) is 19.0 Å². The zero-order chi connectivity index (χ0) is 21.3. The van der Waals surface area contributed by atoms with E-state index in [9.17, 15) is 18.5 Å². The molecule has 0 atom stereocenters. The monoisotopic (exact) mass is 440 g/mol. The molecule has 0 saturated heterocycles. The molecule has 158 valence electrons. The summed E-state index contributed by atoms with van der Waals surface area (Å²) in [5.74, 6) is 0.578. The van der Waals surface area contributed by atoms with Crippen molar-refractivity contribution in [1.29, 1.82) is 0 Å². The maximum atomic E-state index is 12.3. The highest BCUT2D eigenvalue weighted by Gasteiger charge is 2.16. The van der Waals surface area contributed by atoms with Gasteiger partial charge in [-0.2, -0.15) is 0 Å². The summed E-state index contributed by atoms with van der Waals surface area (Å²) in [4.78, 5) is 18.8. The Morgan fingerprint density at radius 2 is 2.10 bits per heavy atom. The number of rotatable bonds is 10. The van der Waals surface area contributed by atoms with Crippen LogP contribution >= 0.6 is 11.3 Å². The molecule has 3 N–H and O–H groups in total. The Hall–Kier alpha value is -2.57. The molecule has 0 saturated carbocycles. The van der Waals surface area contributed by atoms with E-state index in [1.54, 1.807) is 11.3 Å². The lowest BCUT2D eigenvalue weighted by molar-refractivity contribution is -0.385. The SMILES string of the molecule is CCNC(=NCCNS(=O)(=O)c1cccc([N+](=O)[O-])c1)NCCc1csc(C)n1. The number of aliphatic imine (C=N–C) groups is 1. The topological polar surface area (TPSA) is 139 Å². The van der Waals surface area contributed by atoms with Gasteiger partial charge in [0.1, 0.15) is 0 Å². The van der Waals surface area contributed by atoms with Gasteiger partial charge in [0, 0.05) is 43.6 Å². The van der Waals surface area contributed by atoms with Crippen molar-refractivity contribution in [3.05, 3.63) is 50.5 Å². The second-order valence-electron chi connectivity index (χ2n) is 5.95. The van der Waals surface area contributed by atoms with E-state index < -0.39 is 14.9 Å². The molecule has 12 heteroatoms. The molecule has 0 fully saturated rings. The second-order valence-corrected chi connectivity index (χ2v) is 8.78. The number of aryl methyl sites for hydroxylation is 1. The zero-order valence-corrected chi connectivity index (χ0v) is 17.8. The van der Waals surface area contributed by atoms with Crippen LogP contribution in [0.1, 0.15) is 17.6 Å². The number of non-ortho nitro benzene ring substituents is 1. The average molecular weight is 441 g/mol. The Labute approximate surface area is 173 Å². The third kappa shape index (κ3) is 7.40.